The molecule has 0 saturated carbocycles. The monoisotopic (exact) mass is 463 g/mol. The van der Waals surface area contributed by atoms with Crippen LogP contribution in [0, 0.1) is 0 Å². The van der Waals surface area contributed by atoms with Crippen LogP contribution in [0.15, 0.2) is 94.2 Å². The number of hydrogen-bond donors (Lipinski definition) is 0. The summed E-state index contributed by atoms with van der Waals surface area (Å²) >= 11 is 0. The zero-order valence-corrected chi connectivity index (χ0v) is 18.6. The van der Waals surface area contributed by atoms with E-state index in [1.807, 2.05) is 36.4 Å². The van der Waals surface area contributed by atoms with Crippen molar-refractivity contribution in [3.8, 4) is 11.5 Å². The normalized spacial score (nSPS) is 11.2. The van der Waals surface area contributed by atoms with E-state index in [0.29, 0.717) is 11.6 Å². The molecule has 4 aromatic rings. The molecule has 0 atom stereocenters. The van der Waals surface area contributed by atoms with Gasteiger partial charge in [-0.05, 0) is 55.5 Å². The topological polar surface area (TPSA) is 103 Å². The van der Waals surface area contributed by atoms with Crippen molar-refractivity contribution in [1.82, 2.24) is 10.2 Å². The number of aromatic nitrogens is 2. The number of carbonyl (C=O) groups is 1. The third-order valence-electron chi connectivity index (χ3n) is 4.82. The van der Waals surface area contributed by atoms with Crippen molar-refractivity contribution in [1.29, 1.82) is 0 Å². The zero-order chi connectivity index (χ0) is 23.3. The Morgan fingerprint density at radius 2 is 1.55 bits per heavy atom. The number of benzene rings is 3. The van der Waals surface area contributed by atoms with E-state index in [4.69, 9.17) is 9.15 Å². The molecule has 0 amide bonds. The number of nitrogens with zero attached hydrogens (tertiary/aromatic N) is 3. The van der Waals surface area contributed by atoms with E-state index >= 15 is 0 Å². The third-order valence-corrected chi connectivity index (χ3v) is 6.74. The molecule has 1 aromatic heterocycles. The molecule has 1 heterocycles. The Labute approximate surface area is 191 Å². The lowest BCUT2D eigenvalue weighted by Crippen LogP contribution is -2.30. The molecule has 0 fully saturated rings. The molecule has 4 rings (SSSR count). The van der Waals surface area contributed by atoms with E-state index in [0.717, 1.165) is 5.56 Å². The highest BCUT2D eigenvalue weighted by molar-refractivity contribution is 7.92. The minimum Gasteiger partial charge on any atom is -0.452 e. The van der Waals surface area contributed by atoms with Crippen molar-refractivity contribution in [3.63, 3.8) is 0 Å². The van der Waals surface area contributed by atoms with Gasteiger partial charge in [0.05, 0.1) is 16.1 Å². The number of esters is 1. The number of para-hydroxylation sites is 1. The molecule has 0 aliphatic carbocycles. The Morgan fingerprint density at radius 1 is 0.909 bits per heavy atom. The summed E-state index contributed by atoms with van der Waals surface area (Å²) in [4.78, 5) is 12.5. The first-order valence-corrected chi connectivity index (χ1v) is 11.7. The maximum atomic E-state index is 13.1. The lowest BCUT2D eigenvalue weighted by Gasteiger charge is -2.22. The second-order valence-corrected chi connectivity index (χ2v) is 8.84. The molecule has 0 radical (unpaired) electrons. The van der Waals surface area contributed by atoms with Crippen molar-refractivity contribution in [3.05, 3.63) is 96.4 Å². The lowest BCUT2D eigenvalue weighted by molar-refractivity contribution is 0.0438. The Bertz CT molecular complexity index is 1320. The van der Waals surface area contributed by atoms with Crippen molar-refractivity contribution in [2.45, 2.75) is 18.4 Å². The smallest absolute Gasteiger partial charge is 0.338 e. The Hall–Kier alpha value is -3.98. The van der Waals surface area contributed by atoms with Crippen LogP contribution in [-0.4, -0.2) is 31.1 Å². The minimum absolute atomic E-state index is 0.0779. The van der Waals surface area contributed by atoms with E-state index in [2.05, 4.69) is 10.2 Å². The Kier molecular flexibility index (Phi) is 6.50. The van der Waals surface area contributed by atoms with Gasteiger partial charge in [-0.25, -0.2) is 13.2 Å². The van der Waals surface area contributed by atoms with Crippen LogP contribution in [0.2, 0.25) is 0 Å². The zero-order valence-electron chi connectivity index (χ0n) is 17.8. The molecular weight excluding hydrogens is 442 g/mol. The van der Waals surface area contributed by atoms with Gasteiger partial charge in [-0.1, -0.05) is 36.4 Å². The molecule has 0 saturated heterocycles. The maximum absolute atomic E-state index is 13.1. The number of rotatable bonds is 8. The molecule has 9 heteroatoms. The van der Waals surface area contributed by atoms with E-state index in [9.17, 15) is 13.2 Å². The van der Waals surface area contributed by atoms with Crippen LogP contribution in [0.3, 0.4) is 0 Å². The molecule has 168 valence electrons. The van der Waals surface area contributed by atoms with Crippen molar-refractivity contribution in [2.75, 3.05) is 10.8 Å². The first-order chi connectivity index (χ1) is 16.0. The Balaban J connectivity index is 1.43. The third kappa shape index (κ3) is 4.93. The molecule has 8 nitrogen and oxygen atoms in total. The summed E-state index contributed by atoms with van der Waals surface area (Å²) < 4.78 is 38.2. The van der Waals surface area contributed by atoms with Gasteiger partial charge in [-0.2, -0.15) is 0 Å². The van der Waals surface area contributed by atoms with E-state index < -0.39 is 16.0 Å². The van der Waals surface area contributed by atoms with Crippen LogP contribution in [-0.2, 0) is 21.4 Å². The quantitative estimate of drug-likeness (QED) is 0.359. The van der Waals surface area contributed by atoms with Crippen LogP contribution in [0.5, 0.6) is 0 Å². The molecule has 0 unspecified atom stereocenters. The van der Waals surface area contributed by atoms with Gasteiger partial charge in [-0.15, -0.1) is 10.2 Å². The molecule has 0 N–H and O–H groups in total. The average molecular weight is 464 g/mol. The maximum Gasteiger partial charge on any atom is 0.338 e. The van der Waals surface area contributed by atoms with Crippen LogP contribution < -0.4 is 4.31 Å². The molecule has 0 bridgehead atoms. The summed E-state index contributed by atoms with van der Waals surface area (Å²) in [6, 6.07) is 23.7. The number of sulfonamides is 1. The van der Waals surface area contributed by atoms with Gasteiger partial charge in [0.25, 0.3) is 15.9 Å². The predicted molar refractivity (Wildman–Crippen MR) is 122 cm³/mol. The van der Waals surface area contributed by atoms with E-state index in [1.54, 1.807) is 31.2 Å². The van der Waals surface area contributed by atoms with E-state index in [1.165, 1.54) is 28.6 Å². The largest absolute Gasteiger partial charge is 0.452 e. The van der Waals surface area contributed by atoms with Gasteiger partial charge in [0.2, 0.25) is 5.89 Å². The molecular formula is C24H21N3O5S. The van der Waals surface area contributed by atoms with Gasteiger partial charge in [0.15, 0.2) is 6.61 Å². The summed E-state index contributed by atoms with van der Waals surface area (Å²) in [7, 11) is -3.78. The summed E-state index contributed by atoms with van der Waals surface area (Å²) in [6.07, 6.45) is 0. The fourth-order valence-electron chi connectivity index (χ4n) is 3.20. The molecule has 0 aliphatic heterocycles. The van der Waals surface area contributed by atoms with Crippen molar-refractivity contribution in [2.24, 2.45) is 0 Å². The summed E-state index contributed by atoms with van der Waals surface area (Å²) in [6.45, 7) is 1.83. The highest BCUT2D eigenvalue weighted by Gasteiger charge is 2.24. The van der Waals surface area contributed by atoms with Crippen LogP contribution in [0.25, 0.3) is 11.5 Å². The van der Waals surface area contributed by atoms with Gasteiger partial charge >= 0.3 is 5.97 Å². The first-order valence-electron chi connectivity index (χ1n) is 10.2. The standard InChI is InChI=1S/C24H21N3O5S/c1-2-27(20-11-7-4-8-12-20)33(29,30)21-15-13-19(14-16-21)24(28)31-17-22-25-26-23(32-22)18-9-5-3-6-10-18/h3-16H,2,17H2,1H3. The fourth-order valence-corrected chi connectivity index (χ4v) is 4.67. The number of hydrogen-bond acceptors (Lipinski definition) is 7. The number of anilines is 1. The number of carbonyl (C=O) groups excluding carboxylic acids is 1. The SMILES string of the molecule is CCN(c1ccccc1)S(=O)(=O)c1ccc(C(=O)OCc2nnc(-c3ccccc3)o2)cc1. The lowest BCUT2D eigenvalue weighted by atomic mass is 10.2. The van der Waals surface area contributed by atoms with E-state index in [-0.39, 0.29) is 29.5 Å². The minimum atomic E-state index is -3.78. The van der Waals surface area contributed by atoms with Gasteiger partial charge in [-0.3, -0.25) is 4.31 Å². The van der Waals surface area contributed by atoms with Gasteiger partial charge in [0.1, 0.15) is 0 Å². The van der Waals surface area contributed by atoms with Crippen molar-refractivity contribution < 1.29 is 22.4 Å². The average Bonchev–Trinajstić information content (AvgIpc) is 3.33. The summed E-state index contributed by atoms with van der Waals surface area (Å²) in [5.41, 5.74) is 1.54. The Morgan fingerprint density at radius 3 is 2.18 bits per heavy atom. The predicted octanol–water partition coefficient (Wildman–Crippen LogP) is 4.31. The van der Waals surface area contributed by atoms with Crippen molar-refractivity contribution >= 4 is 21.7 Å². The summed E-state index contributed by atoms with van der Waals surface area (Å²) in [5.74, 6) is -0.147. The van der Waals surface area contributed by atoms with Crippen LogP contribution >= 0.6 is 0 Å². The highest BCUT2D eigenvalue weighted by atomic mass is 32.2. The molecule has 3 aromatic carbocycles. The molecule has 0 spiro atoms. The summed E-state index contributed by atoms with van der Waals surface area (Å²) in [5, 5.41) is 7.83. The second-order valence-electron chi connectivity index (χ2n) is 6.97. The molecule has 33 heavy (non-hydrogen) atoms. The van der Waals surface area contributed by atoms with Crippen LogP contribution in [0.4, 0.5) is 5.69 Å². The number of ether oxygens (including phenoxy) is 1. The fraction of sp³-hybridized carbons (Fsp3) is 0.125. The molecule has 0 aliphatic rings. The van der Waals surface area contributed by atoms with Crippen LogP contribution in [0.1, 0.15) is 23.2 Å². The van der Waals surface area contributed by atoms with Gasteiger partial charge in [0, 0.05) is 12.1 Å². The highest BCUT2D eigenvalue weighted by Crippen LogP contribution is 2.24. The first kappa shape index (κ1) is 22.2. The second kappa shape index (κ2) is 9.66. The van der Waals surface area contributed by atoms with Gasteiger partial charge < -0.3 is 9.15 Å².